The summed E-state index contributed by atoms with van der Waals surface area (Å²) < 4.78 is 5.08. The smallest absolute Gasteiger partial charge is 0.265 e. The van der Waals surface area contributed by atoms with Crippen LogP contribution in [0.1, 0.15) is 5.76 Å². The Bertz CT molecular complexity index is 558. The first-order valence-corrected chi connectivity index (χ1v) is 5.55. The number of nitrogens with zero attached hydrogens (tertiary/aromatic N) is 1. The quantitative estimate of drug-likeness (QED) is 0.492. The first-order valence-electron chi connectivity index (χ1n) is 5.15. The van der Waals surface area contributed by atoms with Crippen LogP contribution in [0, 0.1) is 0 Å². The fourth-order valence-corrected chi connectivity index (χ4v) is 1.57. The predicted octanol–water partition coefficient (Wildman–Crippen LogP) is 1.09. The summed E-state index contributed by atoms with van der Waals surface area (Å²) in [6.07, 6.45) is 6.20. The van der Waals surface area contributed by atoms with Gasteiger partial charge >= 0.3 is 0 Å². The van der Waals surface area contributed by atoms with Gasteiger partial charge in [-0.15, -0.1) is 0 Å². The summed E-state index contributed by atoms with van der Waals surface area (Å²) in [7, 11) is 1.51. The Morgan fingerprint density at radius 1 is 1.44 bits per heavy atom. The maximum absolute atomic E-state index is 11.8. The van der Waals surface area contributed by atoms with Gasteiger partial charge in [-0.3, -0.25) is 19.8 Å². The Labute approximate surface area is 109 Å². The zero-order chi connectivity index (χ0) is 13.1. The van der Waals surface area contributed by atoms with Crippen molar-refractivity contribution in [2.24, 2.45) is 0 Å². The molecule has 1 aromatic rings. The number of hydrogen-bond acceptors (Lipinski definition) is 4. The number of hydrogen-bond donors (Lipinski definition) is 1. The molecule has 0 unspecified atom stereocenters. The third-order valence-electron chi connectivity index (χ3n) is 2.37. The van der Waals surface area contributed by atoms with E-state index in [9.17, 15) is 9.59 Å². The van der Waals surface area contributed by atoms with E-state index in [0.717, 1.165) is 0 Å². The Balaban J connectivity index is 2.19. The molecule has 2 amide bonds. The van der Waals surface area contributed by atoms with Crippen molar-refractivity contribution in [2.45, 2.75) is 0 Å². The van der Waals surface area contributed by atoms with Gasteiger partial charge in [-0.05, 0) is 36.5 Å². The van der Waals surface area contributed by atoms with E-state index in [0.29, 0.717) is 5.76 Å². The molecule has 18 heavy (non-hydrogen) atoms. The third-order valence-corrected chi connectivity index (χ3v) is 2.75. The summed E-state index contributed by atoms with van der Waals surface area (Å²) in [5.41, 5.74) is 0.0360. The fraction of sp³-hybridized carbons (Fsp3) is 0.0833. The van der Waals surface area contributed by atoms with Crippen molar-refractivity contribution in [3.8, 4) is 0 Å². The molecule has 0 aromatic carbocycles. The minimum Gasteiger partial charge on any atom is -0.465 e. The largest absolute Gasteiger partial charge is 0.465 e. The standard InChI is InChI=1S/C12H10N2O3S/c1-14-11(16)9(10(15)13-12(14)18)6-2-4-8-5-3-7-17-8/h2-7H,1H3,(H,13,15,18)/b4-2+,9-6-. The molecule has 0 radical (unpaired) electrons. The van der Waals surface area contributed by atoms with Gasteiger partial charge < -0.3 is 4.42 Å². The minimum atomic E-state index is -0.493. The molecule has 0 spiro atoms. The van der Waals surface area contributed by atoms with Crippen LogP contribution in [-0.4, -0.2) is 28.9 Å². The van der Waals surface area contributed by atoms with Crippen LogP contribution in [0.25, 0.3) is 6.08 Å². The van der Waals surface area contributed by atoms with Crippen LogP contribution in [0.2, 0.25) is 0 Å². The fourth-order valence-electron chi connectivity index (χ4n) is 1.39. The van der Waals surface area contributed by atoms with Crippen LogP contribution in [0.15, 0.2) is 40.5 Å². The molecule has 6 heteroatoms. The molecular weight excluding hydrogens is 252 g/mol. The summed E-state index contributed by atoms with van der Waals surface area (Å²) in [6, 6.07) is 3.51. The topological polar surface area (TPSA) is 62.6 Å². The van der Waals surface area contributed by atoms with Gasteiger partial charge in [0.05, 0.1) is 6.26 Å². The highest BCUT2D eigenvalue weighted by Crippen LogP contribution is 2.09. The van der Waals surface area contributed by atoms with Crippen molar-refractivity contribution in [1.29, 1.82) is 0 Å². The van der Waals surface area contributed by atoms with E-state index >= 15 is 0 Å². The first-order chi connectivity index (χ1) is 8.59. The van der Waals surface area contributed by atoms with Crippen molar-refractivity contribution in [3.05, 3.63) is 41.9 Å². The highest BCUT2D eigenvalue weighted by Gasteiger charge is 2.30. The lowest BCUT2D eigenvalue weighted by Crippen LogP contribution is -2.52. The van der Waals surface area contributed by atoms with Crippen LogP contribution >= 0.6 is 12.2 Å². The van der Waals surface area contributed by atoms with Gasteiger partial charge in [0.2, 0.25) is 0 Å². The Kier molecular flexibility index (Phi) is 3.38. The van der Waals surface area contributed by atoms with E-state index in [1.807, 2.05) is 0 Å². The number of carbonyl (C=O) groups excluding carboxylic acids is 2. The second-order valence-corrected chi connectivity index (χ2v) is 3.97. The predicted molar refractivity (Wildman–Crippen MR) is 69.3 cm³/mol. The second-order valence-electron chi connectivity index (χ2n) is 3.58. The maximum Gasteiger partial charge on any atom is 0.265 e. The number of allylic oxidation sites excluding steroid dienone is 2. The van der Waals surface area contributed by atoms with Gasteiger partial charge in [0.15, 0.2) is 5.11 Å². The van der Waals surface area contributed by atoms with E-state index in [-0.39, 0.29) is 10.7 Å². The highest BCUT2D eigenvalue weighted by molar-refractivity contribution is 7.80. The Morgan fingerprint density at radius 2 is 2.22 bits per heavy atom. The molecule has 2 heterocycles. The molecule has 0 aliphatic carbocycles. The lowest BCUT2D eigenvalue weighted by Gasteiger charge is -2.24. The molecular formula is C12H10N2O3S. The third kappa shape index (κ3) is 2.38. The highest BCUT2D eigenvalue weighted by atomic mass is 32.1. The maximum atomic E-state index is 11.8. The Hall–Kier alpha value is -2.21. The molecule has 2 rings (SSSR count). The van der Waals surface area contributed by atoms with Crippen molar-refractivity contribution in [3.63, 3.8) is 0 Å². The average Bonchev–Trinajstić information content (AvgIpc) is 2.84. The van der Waals surface area contributed by atoms with Gasteiger partial charge in [-0.2, -0.15) is 0 Å². The van der Waals surface area contributed by atoms with E-state index in [4.69, 9.17) is 16.6 Å². The molecule has 1 N–H and O–H groups in total. The monoisotopic (exact) mass is 262 g/mol. The Morgan fingerprint density at radius 3 is 2.89 bits per heavy atom. The number of likely N-dealkylation sites (N-methyl/N-ethyl adjacent to an activating group) is 1. The SMILES string of the molecule is CN1C(=O)/C(=C\C=C\c2ccco2)C(=O)NC1=S. The lowest BCUT2D eigenvalue weighted by molar-refractivity contribution is -0.128. The summed E-state index contributed by atoms with van der Waals surface area (Å²) in [5.74, 6) is -0.278. The zero-order valence-corrected chi connectivity index (χ0v) is 10.4. The molecule has 0 bridgehead atoms. The summed E-state index contributed by atoms with van der Waals surface area (Å²) in [4.78, 5) is 24.6. The van der Waals surface area contributed by atoms with E-state index < -0.39 is 11.8 Å². The van der Waals surface area contributed by atoms with Gasteiger partial charge in [0.25, 0.3) is 11.8 Å². The van der Waals surface area contributed by atoms with Crippen LogP contribution in [-0.2, 0) is 9.59 Å². The van der Waals surface area contributed by atoms with E-state index in [1.54, 1.807) is 24.3 Å². The van der Waals surface area contributed by atoms with Crippen LogP contribution in [0.5, 0.6) is 0 Å². The number of rotatable bonds is 2. The molecule has 92 valence electrons. The lowest BCUT2D eigenvalue weighted by atomic mass is 10.1. The van der Waals surface area contributed by atoms with Crippen molar-refractivity contribution in [2.75, 3.05) is 7.05 Å². The zero-order valence-electron chi connectivity index (χ0n) is 9.54. The second kappa shape index (κ2) is 4.97. The summed E-state index contributed by atoms with van der Waals surface area (Å²) >= 11 is 4.83. The molecule has 1 aromatic heterocycles. The van der Waals surface area contributed by atoms with Crippen molar-refractivity contribution in [1.82, 2.24) is 10.2 Å². The van der Waals surface area contributed by atoms with Crippen LogP contribution < -0.4 is 5.32 Å². The minimum absolute atomic E-state index is 0.0360. The summed E-state index contributed by atoms with van der Waals surface area (Å²) in [6.45, 7) is 0. The summed E-state index contributed by atoms with van der Waals surface area (Å²) in [5, 5.41) is 2.53. The van der Waals surface area contributed by atoms with E-state index in [2.05, 4.69) is 5.32 Å². The van der Waals surface area contributed by atoms with Crippen LogP contribution in [0.3, 0.4) is 0 Å². The molecule has 0 saturated carbocycles. The van der Waals surface area contributed by atoms with Gasteiger partial charge in [0.1, 0.15) is 11.3 Å². The normalized spacial score (nSPS) is 18.8. The van der Waals surface area contributed by atoms with Gasteiger partial charge in [-0.25, -0.2) is 0 Å². The average molecular weight is 262 g/mol. The van der Waals surface area contributed by atoms with Gasteiger partial charge in [0, 0.05) is 7.05 Å². The molecule has 0 atom stereocenters. The molecule has 1 fully saturated rings. The first kappa shape index (κ1) is 12.3. The van der Waals surface area contributed by atoms with Crippen molar-refractivity contribution < 1.29 is 14.0 Å². The number of thiocarbonyl (C=S) groups is 1. The van der Waals surface area contributed by atoms with E-state index in [1.165, 1.54) is 24.3 Å². The number of nitrogens with one attached hydrogen (secondary N) is 1. The number of furan rings is 1. The molecule has 5 nitrogen and oxygen atoms in total. The van der Waals surface area contributed by atoms with Gasteiger partial charge in [-0.1, -0.05) is 6.08 Å². The van der Waals surface area contributed by atoms with Crippen molar-refractivity contribution >= 4 is 35.2 Å². The number of amides is 2. The molecule has 1 aliphatic rings. The number of carbonyl (C=O) groups is 2. The van der Waals surface area contributed by atoms with Crippen LogP contribution in [0.4, 0.5) is 0 Å². The molecule has 1 aliphatic heterocycles. The molecule has 1 saturated heterocycles.